The lowest BCUT2D eigenvalue weighted by Gasteiger charge is -2.20. The van der Waals surface area contributed by atoms with E-state index in [1.165, 1.54) is 26.3 Å². The smallest absolute Gasteiger partial charge is 0.434 e. The highest BCUT2D eigenvalue weighted by Gasteiger charge is 2.41. The molecule has 5 nitrogen and oxygen atoms in total. The van der Waals surface area contributed by atoms with E-state index < -0.39 is 34.8 Å². The van der Waals surface area contributed by atoms with E-state index in [0.29, 0.717) is 16.0 Å². The van der Waals surface area contributed by atoms with Gasteiger partial charge >= 0.3 is 6.18 Å². The highest BCUT2D eigenvalue weighted by Crippen LogP contribution is 2.34. The highest BCUT2D eigenvalue weighted by atomic mass is 19.4. The van der Waals surface area contributed by atoms with Crippen LogP contribution in [-0.4, -0.2) is 34.7 Å². The number of amides is 1. The molecule has 0 N–H and O–H groups in total. The van der Waals surface area contributed by atoms with Gasteiger partial charge < -0.3 is 9.64 Å². The van der Waals surface area contributed by atoms with E-state index in [2.05, 4.69) is 5.10 Å². The zero-order valence-electron chi connectivity index (χ0n) is 15.6. The summed E-state index contributed by atoms with van der Waals surface area (Å²) < 4.78 is 60.9. The van der Waals surface area contributed by atoms with Gasteiger partial charge in [-0.05, 0) is 18.2 Å². The van der Waals surface area contributed by atoms with Gasteiger partial charge in [0.25, 0.3) is 5.91 Å². The van der Waals surface area contributed by atoms with Crippen LogP contribution in [-0.2, 0) is 12.7 Å². The zero-order valence-corrected chi connectivity index (χ0v) is 15.6. The number of para-hydroxylation sites is 2. The number of nitrogens with zero attached hydrogens (tertiary/aromatic N) is 3. The summed E-state index contributed by atoms with van der Waals surface area (Å²) in [5, 5.41) is 3.64. The minimum atomic E-state index is -4.92. The Bertz CT molecular complexity index is 1030. The minimum absolute atomic E-state index is 0.0189. The second kappa shape index (κ2) is 7.94. The number of ether oxygens (including phenoxy) is 1. The van der Waals surface area contributed by atoms with Gasteiger partial charge in [0.05, 0.1) is 18.9 Å². The number of hydrogen-bond donors (Lipinski definition) is 0. The van der Waals surface area contributed by atoms with Crippen LogP contribution in [0.15, 0.2) is 54.7 Å². The summed E-state index contributed by atoms with van der Waals surface area (Å²) >= 11 is 0. The Labute approximate surface area is 164 Å². The monoisotopic (exact) mass is 407 g/mol. The Hall–Kier alpha value is -3.36. The SMILES string of the molecule is COc1ccccc1CN(C)C(=O)c1cnn(-c2ccccc2F)c1C(F)(F)F. The predicted octanol–water partition coefficient (Wildman–Crippen LogP) is 4.31. The summed E-state index contributed by atoms with van der Waals surface area (Å²) in [5.74, 6) is -1.28. The van der Waals surface area contributed by atoms with Crippen LogP contribution < -0.4 is 4.74 Å². The quantitative estimate of drug-likeness (QED) is 0.592. The lowest BCUT2D eigenvalue weighted by molar-refractivity contribution is -0.143. The van der Waals surface area contributed by atoms with E-state index in [1.807, 2.05) is 0 Å². The molecule has 2 aromatic carbocycles. The normalized spacial score (nSPS) is 11.4. The Morgan fingerprint density at radius 3 is 2.45 bits per heavy atom. The van der Waals surface area contributed by atoms with E-state index >= 15 is 0 Å². The number of hydrogen-bond acceptors (Lipinski definition) is 3. The topological polar surface area (TPSA) is 47.4 Å². The molecular weight excluding hydrogens is 390 g/mol. The summed E-state index contributed by atoms with van der Waals surface area (Å²) in [6.45, 7) is 0.0189. The maximum Gasteiger partial charge on any atom is 0.434 e. The summed E-state index contributed by atoms with van der Waals surface area (Å²) in [7, 11) is 2.83. The summed E-state index contributed by atoms with van der Waals surface area (Å²) in [6.07, 6.45) is -4.12. The number of rotatable bonds is 5. The molecule has 1 aromatic heterocycles. The van der Waals surface area contributed by atoms with E-state index in [9.17, 15) is 22.4 Å². The number of halogens is 4. The number of aromatic nitrogens is 2. The molecule has 29 heavy (non-hydrogen) atoms. The summed E-state index contributed by atoms with van der Waals surface area (Å²) in [5.41, 5.74) is -1.77. The summed E-state index contributed by atoms with van der Waals surface area (Å²) in [6, 6.07) is 11.8. The fraction of sp³-hybridized carbons (Fsp3) is 0.200. The van der Waals surface area contributed by atoms with Gasteiger partial charge in [0.15, 0.2) is 5.69 Å². The third-order valence-corrected chi connectivity index (χ3v) is 4.30. The first-order valence-corrected chi connectivity index (χ1v) is 8.51. The number of carbonyl (C=O) groups is 1. The minimum Gasteiger partial charge on any atom is -0.496 e. The molecule has 1 amide bonds. The van der Waals surface area contributed by atoms with E-state index in [-0.39, 0.29) is 6.54 Å². The molecule has 0 saturated heterocycles. The first-order valence-electron chi connectivity index (χ1n) is 8.51. The molecule has 3 rings (SSSR count). The van der Waals surface area contributed by atoms with Crippen LogP contribution in [0.2, 0.25) is 0 Å². The molecule has 0 aliphatic rings. The number of benzene rings is 2. The second-order valence-corrected chi connectivity index (χ2v) is 6.24. The van der Waals surface area contributed by atoms with Crippen LogP contribution in [0.5, 0.6) is 5.75 Å². The molecular formula is C20H17F4N3O2. The largest absolute Gasteiger partial charge is 0.496 e. The molecule has 9 heteroatoms. The van der Waals surface area contributed by atoms with E-state index in [1.54, 1.807) is 24.3 Å². The van der Waals surface area contributed by atoms with Gasteiger partial charge in [-0.15, -0.1) is 0 Å². The average Bonchev–Trinajstić information content (AvgIpc) is 3.13. The van der Waals surface area contributed by atoms with Crippen molar-refractivity contribution >= 4 is 5.91 Å². The molecule has 0 atom stereocenters. The molecule has 0 radical (unpaired) electrons. The number of alkyl halides is 3. The van der Waals surface area contributed by atoms with Crippen molar-refractivity contribution in [1.82, 2.24) is 14.7 Å². The Morgan fingerprint density at radius 2 is 1.79 bits per heavy atom. The maximum atomic E-state index is 14.0. The van der Waals surface area contributed by atoms with Crippen LogP contribution in [0, 0.1) is 5.82 Å². The molecule has 152 valence electrons. The second-order valence-electron chi connectivity index (χ2n) is 6.24. The molecule has 3 aromatic rings. The first kappa shape index (κ1) is 20.4. The van der Waals surface area contributed by atoms with E-state index in [4.69, 9.17) is 4.74 Å². The highest BCUT2D eigenvalue weighted by molar-refractivity contribution is 5.95. The van der Waals surface area contributed by atoms with Gasteiger partial charge in [-0.3, -0.25) is 4.79 Å². The van der Waals surface area contributed by atoms with Crippen molar-refractivity contribution in [3.63, 3.8) is 0 Å². The van der Waals surface area contributed by atoms with Gasteiger partial charge in [-0.1, -0.05) is 30.3 Å². The van der Waals surface area contributed by atoms with Crippen molar-refractivity contribution in [1.29, 1.82) is 0 Å². The lowest BCUT2D eigenvalue weighted by Crippen LogP contribution is -2.29. The van der Waals surface area contributed by atoms with Crippen LogP contribution >= 0.6 is 0 Å². The summed E-state index contributed by atoms with van der Waals surface area (Å²) in [4.78, 5) is 13.9. The Morgan fingerprint density at radius 1 is 1.14 bits per heavy atom. The fourth-order valence-corrected chi connectivity index (χ4v) is 2.95. The zero-order chi connectivity index (χ0) is 21.2. The maximum absolute atomic E-state index is 14.0. The number of methoxy groups -OCH3 is 1. The van der Waals surface area contributed by atoms with Crippen molar-refractivity contribution < 1.29 is 27.1 Å². The van der Waals surface area contributed by atoms with Crippen LogP contribution in [0.4, 0.5) is 17.6 Å². The van der Waals surface area contributed by atoms with Gasteiger partial charge in [-0.25, -0.2) is 9.07 Å². The molecule has 0 bridgehead atoms. The molecule has 1 heterocycles. The Balaban J connectivity index is 2.00. The number of carbonyl (C=O) groups excluding carboxylic acids is 1. The van der Waals surface area contributed by atoms with Crippen LogP contribution in [0.3, 0.4) is 0 Å². The van der Waals surface area contributed by atoms with E-state index in [0.717, 1.165) is 23.2 Å². The third kappa shape index (κ3) is 4.08. The van der Waals surface area contributed by atoms with Crippen molar-refractivity contribution in [2.24, 2.45) is 0 Å². The predicted molar refractivity (Wildman–Crippen MR) is 97.3 cm³/mol. The first-order chi connectivity index (χ1) is 13.7. The molecule has 0 fully saturated rings. The fourth-order valence-electron chi connectivity index (χ4n) is 2.95. The molecule has 0 unspecified atom stereocenters. The van der Waals surface area contributed by atoms with Crippen molar-refractivity contribution in [2.75, 3.05) is 14.2 Å². The van der Waals surface area contributed by atoms with Gasteiger partial charge in [0.1, 0.15) is 17.3 Å². The Kier molecular flexibility index (Phi) is 5.58. The average molecular weight is 407 g/mol. The molecule has 0 aliphatic heterocycles. The lowest BCUT2D eigenvalue weighted by atomic mass is 10.1. The van der Waals surface area contributed by atoms with Crippen molar-refractivity contribution in [3.05, 3.63) is 77.4 Å². The van der Waals surface area contributed by atoms with Gasteiger partial charge in [0.2, 0.25) is 0 Å². The van der Waals surface area contributed by atoms with Crippen LogP contribution in [0.1, 0.15) is 21.6 Å². The van der Waals surface area contributed by atoms with Crippen molar-refractivity contribution in [2.45, 2.75) is 12.7 Å². The van der Waals surface area contributed by atoms with Gasteiger partial charge in [-0.2, -0.15) is 18.3 Å². The molecule has 0 aliphatic carbocycles. The molecule has 0 spiro atoms. The standard InChI is InChI=1S/C20H17F4N3O2/c1-26(12-13-7-3-6-10-17(13)29-2)19(28)14-11-25-27(18(14)20(22,23)24)16-9-5-4-8-15(16)21/h3-11H,12H2,1-2H3. The van der Waals surface area contributed by atoms with Crippen LogP contribution in [0.25, 0.3) is 5.69 Å². The molecule has 0 saturated carbocycles. The van der Waals surface area contributed by atoms with Gasteiger partial charge in [0, 0.05) is 19.2 Å². The van der Waals surface area contributed by atoms with Crippen molar-refractivity contribution in [3.8, 4) is 11.4 Å². The third-order valence-electron chi connectivity index (χ3n) is 4.30.